The van der Waals surface area contributed by atoms with Gasteiger partial charge in [0.05, 0.1) is 5.25 Å². The van der Waals surface area contributed by atoms with E-state index in [1.165, 1.54) is 0 Å². The van der Waals surface area contributed by atoms with E-state index in [1.54, 1.807) is 18.4 Å². The molecule has 0 amide bonds. The second-order valence-corrected chi connectivity index (χ2v) is 6.92. The minimum absolute atomic E-state index is 0.146. The number of benzene rings is 1. The molecule has 0 heterocycles. The van der Waals surface area contributed by atoms with Crippen molar-refractivity contribution in [1.82, 2.24) is 0 Å². The molecule has 0 spiro atoms. The number of nitrogen functional groups attached to an aromatic ring is 1. The van der Waals surface area contributed by atoms with Crippen LogP contribution in [-0.4, -0.2) is 15.7 Å². The van der Waals surface area contributed by atoms with Crippen LogP contribution in [0.25, 0.3) is 0 Å². The molecule has 3 atom stereocenters. The summed E-state index contributed by atoms with van der Waals surface area (Å²) in [5.41, 5.74) is 7.18. The van der Waals surface area contributed by atoms with Crippen molar-refractivity contribution in [2.45, 2.75) is 24.0 Å². The van der Waals surface area contributed by atoms with Crippen LogP contribution < -0.4 is 5.73 Å². The van der Waals surface area contributed by atoms with E-state index in [1.807, 2.05) is 6.08 Å². The van der Waals surface area contributed by atoms with Gasteiger partial charge in [0.15, 0.2) is 0 Å². The van der Waals surface area contributed by atoms with Crippen LogP contribution in [0.3, 0.4) is 0 Å². The number of anilines is 1. The van der Waals surface area contributed by atoms with Crippen LogP contribution in [0.4, 0.5) is 5.69 Å². The van der Waals surface area contributed by atoms with E-state index in [4.69, 9.17) is 28.9 Å². The second-order valence-electron chi connectivity index (χ2n) is 4.50. The lowest BCUT2D eigenvalue weighted by atomic mass is 9.89. The lowest BCUT2D eigenvalue weighted by Gasteiger charge is -2.23. The van der Waals surface area contributed by atoms with Gasteiger partial charge in [0, 0.05) is 38.7 Å². The van der Waals surface area contributed by atoms with Crippen molar-refractivity contribution in [2.75, 3.05) is 12.0 Å². The van der Waals surface area contributed by atoms with Gasteiger partial charge < -0.3 is 5.73 Å². The molecule has 1 aromatic carbocycles. The van der Waals surface area contributed by atoms with Crippen LogP contribution in [0, 0.1) is 0 Å². The van der Waals surface area contributed by atoms with Crippen LogP contribution in [0.5, 0.6) is 0 Å². The highest BCUT2D eigenvalue weighted by atomic mass is 35.5. The predicted molar refractivity (Wildman–Crippen MR) is 79.8 cm³/mol. The Morgan fingerprint density at radius 3 is 2.28 bits per heavy atom. The Kier molecular flexibility index (Phi) is 4.36. The van der Waals surface area contributed by atoms with Crippen molar-refractivity contribution in [3.05, 3.63) is 39.9 Å². The van der Waals surface area contributed by atoms with Gasteiger partial charge in [-0.2, -0.15) is 0 Å². The third-order valence-electron chi connectivity index (χ3n) is 3.22. The molecule has 5 heteroatoms. The molecule has 0 saturated carbocycles. The zero-order chi connectivity index (χ0) is 13.3. The van der Waals surface area contributed by atoms with Crippen molar-refractivity contribution in [2.24, 2.45) is 0 Å². The fourth-order valence-corrected chi connectivity index (χ4v) is 3.83. The van der Waals surface area contributed by atoms with E-state index < -0.39 is 10.8 Å². The molecule has 1 aliphatic rings. The monoisotopic (exact) mass is 303 g/mol. The normalized spacial score (nSPS) is 25.1. The maximum atomic E-state index is 11.4. The van der Waals surface area contributed by atoms with Crippen molar-refractivity contribution >= 4 is 39.7 Å². The fourth-order valence-electron chi connectivity index (χ4n) is 2.27. The molecule has 2 nitrogen and oxygen atoms in total. The minimum atomic E-state index is -0.810. The first-order valence-corrected chi connectivity index (χ1v) is 8.11. The van der Waals surface area contributed by atoms with Crippen LogP contribution in [-0.2, 0) is 10.8 Å². The third-order valence-corrected chi connectivity index (χ3v) is 5.09. The van der Waals surface area contributed by atoms with Gasteiger partial charge in [-0.1, -0.05) is 35.4 Å². The van der Waals surface area contributed by atoms with Crippen LogP contribution in [0.15, 0.2) is 24.3 Å². The highest BCUT2D eigenvalue weighted by molar-refractivity contribution is 7.85. The first kappa shape index (κ1) is 13.9. The SMILES string of the molecule is CS(=O)C1C=CC(c2c(Cl)cc(N)cc2Cl)CC1. The van der Waals surface area contributed by atoms with E-state index in [0.717, 1.165) is 18.4 Å². The average molecular weight is 304 g/mol. The Morgan fingerprint density at radius 2 is 1.83 bits per heavy atom. The first-order chi connectivity index (χ1) is 8.49. The lowest BCUT2D eigenvalue weighted by Crippen LogP contribution is -2.17. The molecular formula is C13H15Cl2NOS. The van der Waals surface area contributed by atoms with Crippen molar-refractivity contribution < 1.29 is 4.21 Å². The van der Waals surface area contributed by atoms with Gasteiger partial charge in [0.1, 0.15) is 0 Å². The van der Waals surface area contributed by atoms with E-state index >= 15 is 0 Å². The third kappa shape index (κ3) is 2.90. The Labute approximate surface area is 120 Å². The van der Waals surface area contributed by atoms with Gasteiger partial charge in [-0.25, -0.2) is 0 Å². The predicted octanol–water partition coefficient (Wildman–Crippen LogP) is 3.76. The molecule has 98 valence electrons. The molecule has 2 rings (SSSR count). The summed E-state index contributed by atoms with van der Waals surface area (Å²) in [5, 5.41) is 1.35. The summed E-state index contributed by atoms with van der Waals surface area (Å²) in [6.07, 6.45) is 7.59. The van der Waals surface area contributed by atoms with Gasteiger partial charge >= 0.3 is 0 Å². The Morgan fingerprint density at radius 1 is 1.22 bits per heavy atom. The smallest absolute Gasteiger partial charge is 0.0525 e. The number of allylic oxidation sites excluding steroid dienone is 1. The highest BCUT2D eigenvalue weighted by Gasteiger charge is 2.23. The molecule has 3 unspecified atom stereocenters. The number of hydrogen-bond donors (Lipinski definition) is 1. The van der Waals surface area contributed by atoms with Crippen LogP contribution in [0.1, 0.15) is 24.3 Å². The number of nitrogens with two attached hydrogens (primary N) is 1. The number of hydrogen-bond acceptors (Lipinski definition) is 2. The maximum Gasteiger partial charge on any atom is 0.0525 e. The number of rotatable bonds is 2. The van der Waals surface area contributed by atoms with Crippen molar-refractivity contribution in [1.29, 1.82) is 0 Å². The minimum Gasteiger partial charge on any atom is -0.399 e. The van der Waals surface area contributed by atoms with E-state index in [0.29, 0.717) is 15.7 Å². The van der Waals surface area contributed by atoms with Gasteiger partial charge in [0.2, 0.25) is 0 Å². The zero-order valence-electron chi connectivity index (χ0n) is 10.0. The summed E-state index contributed by atoms with van der Waals surface area (Å²) < 4.78 is 11.4. The van der Waals surface area contributed by atoms with Crippen molar-refractivity contribution in [3.63, 3.8) is 0 Å². The largest absolute Gasteiger partial charge is 0.399 e. The Hall–Kier alpha value is -0.510. The fraction of sp³-hybridized carbons (Fsp3) is 0.385. The molecule has 0 aliphatic heterocycles. The molecule has 0 saturated heterocycles. The quantitative estimate of drug-likeness (QED) is 0.668. The first-order valence-electron chi connectivity index (χ1n) is 5.74. The van der Waals surface area contributed by atoms with Gasteiger partial charge in [-0.05, 0) is 30.5 Å². The molecule has 18 heavy (non-hydrogen) atoms. The summed E-state index contributed by atoms with van der Waals surface area (Å²) in [7, 11) is -0.810. The topological polar surface area (TPSA) is 43.1 Å². The molecule has 0 radical (unpaired) electrons. The molecule has 2 N–H and O–H groups in total. The van der Waals surface area contributed by atoms with E-state index in [9.17, 15) is 4.21 Å². The maximum absolute atomic E-state index is 11.4. The van der Waals surface area contributed by atoms with Crippen molar-refractivity contribution in [3.8, 4) is 0 Å². The van der Waals surface area contributed by atoms with Crippen LogP contribution >= 0.6 is 23.2 Å². The molecule has 0 aromatic heterocycles. The average Bonchev–Trinajstić information content (AvgIpc) is 2.28. The van der Waals surface area contributed by atoms with Gasteiger partial charge in [-0.15, -0.1) is 0 Å². The summed E-state index contributed by atoms with van der Waals surface area (Å²) in [5.74, 6) is 0.186. The molecule has 0 fully saturated rings. The summed E-state index contributed by atoms with van der Waals surface area (Å²) in [4.78, 5) is 0. The Bertz CT molecular complexity index is 493. The van der Waals surface area contributed by atoms with Gasteiger partial charge in [-0.3, -0.25) is 4.21 Å². The molecule has 1 aliphatic carbocycles. The zero-order valence-corrected chi connectivity index (χ0v) is 12.4. The summed E-state index contributed by atoms with van der Waals surface area (Å²) >= 11 is 12.4. The Balaban J connectivity index is 2.29. The lowest BCUT2D eigenvalue weighted by molar-refractivity contribution is 0.636. The molecule has 1 aromatic rings. The second kappa shape index (κ2) is 5.64. The number of halogens is 2. The molecule has 0 bridgehead atoms. The van der Waals surface area contributed by atoms with E-state index in [2.05, 4.69) is 6.08 Å². The standard InChI is InChI=1S/C13H15Cl2NOS/c1-18(17)10-4-2-8(3-5-10)13-11(14)6-9(16)7-12(13)15/h2,4,6-8,10H,3,5,16H2,1H3. The molecular weight excluding hydrogens is 289 g/mol. The van der Waals surface area contributed by atoms with E-state index in [-0.39, 0.29) is 11.2 Å². The van der Waals surface area contributed by atoms with Gasteiger partial charge in [0.25, 0.3) is 0 Å². The summed E-state index contributed by atoms with van der Waals surface area (Å²) in [6, 6.07) is 3.45. The summed E-state index contributed by atoms with van der Waals surface area (Å²) in [6.45, 7) is 0. The van der Waals surface area contributed by atoms with Crippen LogP contribution in [0.2, 0.25) is 10.0 Å². The highest BCUT2D eigenvalue weighted by Crippen LogP contribution is 2.39.